The van der Waals surface area contributed by atoms with E-state index in [9.17, 15) is 5.11 Å². The molecule has 3 aromatic rings. The van der Waals surface area contributed by atoms with E-state index in [4.69, 9.17) is 16.3 Å². The third kappa shape index (κ3) is 4.43. The van der Waals surface area contributed by atoms with E-state index in [2.05, 4.69) is 5.32 Å². The highest BCUT2D eigenvalue weighted by atomic mass is 35.5. The van der Waals surface area contributed by atoms with Gasteiger partial charge in [-0.3, -0.25) is 0 Å². The monoisotopic (exact) mass is 339 g/mol. The van der Waals surface area contributed by atoms with Gasteiger partial charge in [0.05, 0.1) is 0 Å². The van der Waals surface area contributed by atoms with Gasteiger partial charge in [0, 0.05) is 22.8 Å². The average Bonchev–Trinajstić information content (AvgIpc) is 2.61. The number of halogens is 1. The Balaban J connectivity index is 1.69. The highest BCUT2D eigenvalue weighted by Gasteiger charge is 2.06. The van der Waals surface area contributed by atoms with Gasteiger partial charge in [-0.25, -0.2) is 0 Å². The minimum absolute atomic E-state index is 0.246. The highest BCUT2D eigenvalue weighted by molar-refractivity contribution is 6.30. The number of benzene rings is 3. The molecule has 2 N–H and O–H groups in total. The number of aromatic hydroxyl groups is 1. The molecule has 0 radical (unpaired) electrons. The van der Waals surface area contributed by atoms with Gasteiger partial charge < -0.3 is 15.2 Å². The SMILES string of the molecule is Oc1ccc(NCc2cc(Cl)ccc2OCc2ccccc2)cc1. The van der Waals surface area contributed by atoms with E-state index in [1.165, 1.54) is 0 Å². The van der Waals surface area contributed by atoms with Crippen molar-refractivity contribution in [2.45, 2.75) is 13.2 Å². The van der Waals surface area contributed by atoms with E-state index in [0.717, 1.165) is 22.6 Å². The second-order valence-electron chi connectivity index (χ2n) is 5.43. The summed E-state index contributed by atoms with van der Waals surface area (Å²) < 4.78 is 5.95. The maximum atomic E-state index is 9.34. The zero-order valence-electron chi connectivity index (χ0n) is 13.1. The largest absolute Gasteiger partial charge is 0.508 e. The standard InChI is InChI=1S/C20H18ClNO2/c21-17-6-11-20(24-14-15-4-2-1-3-5-15)16(12-17)13-22-18-7-9-19(23)10-8-18/h1-12,22-23H,13-14H2. The van der Waals surface area contributed by atoms with Crippen LogP contribution in [0.5, 0.6) is 11.5 Å². The van der Waals surface area contributed by atoms with E-state index < -0.39 is 0 Å². The Bertz CT molecular complexity index is 788. The molecule has 0 fully saturated rings. The molecule has 0 aliphatic carbocycles. The normalized spacial score (nSPS) is 10.4. The van der Waals surface area contributed by atoms with Gasteiger partial charge in [0.15, 0.2) is 0 Å². The first kappa shape index (κ1) is 16.2. The van der Waals surface area contributed by atoms with Gasteiger partial charge >= 0.3 is 0 Å². The van der Waals surface area contributed by atoms with E-state index in [1.54, 1.807) is 12.1 Å². The molecule has 0 unspecified atom stereocenters. The molecule has 3 aromatic carbocycles. The summed E-state index contributed by atoms with van der Waals surface area (Å²) in [6.45, 7) is 1.09. The quantitative estimate of drug-likeness (QED) is 0.604. The molecule has 0 saturated heterocycles. The maximum absolute atomic E-state index is 9.34. The summed E-state index contributed by atoms with van der Waals surface area (Å²) in [5.74, 6) is 1.05. The Hall–Kier alpha value is -2.65. The van der Waals surface area contributed by atoms with Crippen LogP contribution in [0.2, 0.25) is 5.02 Å². The van der Waals surface area contributed by atoms with Crippen molar-refractivity contribution in [2.75, 3.05) is 5.32 Å². The number of phenols is 1. The van der Waals surface area contributed by atoms with Crippen molar-refractivity contribution in [3.05, 3.63) is 88.9 Å². The van der Waals surface area contributed by atoms with Gasteiger partial charge in [-0.15, -0.1) is 0 Å². The number of anilines is 1. The number of nitrogens with one attached hydrogen (secondary N) is 1. The molecule has 3 nitrogen and oxygen atoms in total. The fourth-order valence-corrected chi connectivity index (χ4v) is 2.53. The molecule has 0 aliphatic rings. The lowest BCUT2D eigenvalue weighted by Gasteiger charge is -2.13. The van der Waals surface area contributed by atoms with Crippen LogP contribution < -0.4 is 10.1 Å². The van der Waals surface area contributed by atoms with E-state index in [-0.39, 0.29) is 5.75 Å². The lowest BCUT2D eigenvalue weighted by molar-refractivity contribution is 0.303. The molecule has 0 saturated carbocycles. The van der Waals surface area contributed by atoms with E-state index in [1.807, 2.05) is 60.7 Å². The molecule has 0 bridgehead atoms. The topological polar surface area (TPSA) is 41.5 Å². The van der Waals surface area contributed by atoms with Gasteiger partial charge in [-0.05, 0) is 48.0 Å². The fraction of sp³-hybridized carbons (Fsp3) is 0.100. The van der Waals surface area contributed by atoms with Gasteiger partial charge in [0.2, 0.25) is 0 Å². The zero-order valence-corrected chi connectivity index (χ0v) is 13.8. The van der Waals surface area contributed by atoms with Crippen LogP contribution in [0.15, 0.2) is 72.8 Å². The summed E-state index contributed by atoms with van der Waals surface area (Å²) in [7, 11) is 0. The van der Waals surface area contributed by atoms with Crippen molar-refractivity contribution in [1.82, 2.24) is 0 Å². The molecule has 0 spiro atoms. The first-order valence-electron chi connectivity index (χ1n) is 7.69. The fourth-order valence-electron chi connectivity index (χ4n) is 2.34. The summed E-state index contributed by atoms with van der Waals surface area (Å²) in [5, 5.41) is 13.3. The summed E-state index contributed by atoms with van der Waals surface area (Å²) in [6.07, 6.45) is 0. The Morgan fingerprint density at radius 3 is 2.42 bits per heavy atom. The van der Waals surface area contributed by atoms with Gasteiger partial charge in [0.25, 0.3) is 0 Å². The molecule has 3 rings (SSSR count). The minimum atomic E-state index is 0.246. The van der Waals surface area contributed by atoms with E-state index >= 15 is 0 Å². The van der Waals surface area contributed by atoms with Crippen LogP contribution in [0.4, 0.5) is 5.69 Å². The van der Waals surface area contributed by atoms with Gasteiger partial charge in [-0.2, -0.15) is 0 Å². The molecule has 4 heteroatoms. The first-order chi connectivity index (χ1) is 11.7. The molecule has 0 aromatic heterocycles. The van der Waals surface area contributed by atoms with Crippen molar-refractivity contribution in [3.63, 3.8) is 0 Å². The molecule has 24 heavy (non-hydrogen) atoms. The van der Waals surface area contributed by atoms with Crippen molar-refractivity contribution in [2.24, 2.45) is 0 Å². The van der Waals surface area contributed by atoms with E-state index in [0.29, 0.717) is 18.2 Å². The van der Waals surface area contributed by atoms with Crippen molar-refractivity contribution >= 4 is 17.3 Å². The highest BCUT2D eigenvalue weighted by Crippen LogP contribution is 2.25. The lowest BCUT2D eigenvalue weighted by atomic mass is 10.2. The predicted octanol–water partition coefficient (Wildman–Crippen LogP) is 5.24. The Morgan fingerprint density at radius 1 is 0.917 bits per heavy atom. The van der Waals surface area contributed by atoms with Crippen LogP contribution in [-0.2, 0) is 13.2 Å². The molecule has 122 valence electrons. The molecule has 0 aliphatic heterocycles. The van der Waals surface area contributed by atoms with Crippen molar-refractivity contribution < 1.29 is 9.84 Å². The number of ether oxygens (including phenoxy) is 1. The average molecular weight is 340 g/mol. The number of rotatable bonds is 6. The lowest BCUT2D eigenvalue weighted by Crippen LogP contribution is -2.03. The second-order valence-corrected chi connectivity index (χ2v) is 5.86. The van der Waals surface area contributed by atoms with Crippen LogP contribution in [-0.4, -0.2) is 5.11 Å². The Morgan fingerprint density at radius 2 is 1.67 bits per heavy atom. The van der Waals surface area contributed by atoms with Crippen LogP contribution in [0.1, 0.15) is 11.1 Å². The Kier molecular flexibility index (Phi) is 5.24. The van der Waals surface area contributed by atoms with Crippen LogP contribution in [0.25, 0.3) is 0 Å². The van der Waals surface area contributed by atoms with Crippen molar-refractivity contribution in [1.29, 1.82) is 0 Å². The Labute approximate surface area is 146 Å². The summed E-state index contributed by atoms with van der Waals surface area (Å²) in [4.78, 5) is 0. The summed E-state index contributed by atoms with van der Waals surface area (Å²) in [6, 6.07) is 22.6. The predicted molar refractivity (Wildman–Crippen MR) is 97.7 cm³/mol. The summed E-state index contributed by atoms with van der Waals surface area (Å²) in [5.41, 5.74) is 3.01. The van der Waals surface area contributed by atoms with Crippen LogP contribution >= 0.6 is 11.6 Å². The van der Waals surface area contributed by atoms with Crippen molar-refractivity contribution in [3.8, 4) is 11.5 Å². The molecule has 0 atom stereocenters. The third-order valence-corrected chi connectivity index (χ3v) is 3.85. The smallest absolute Gasteiger partial charge is 0.124 e. The summed E-state index contributed by atoms with van der Waals surface area (Å²) >= 11 is 6.12. The molecule has 0 heterocycles. The molecular weight excluding hydrogens is 322 g/mol. The van der Waals surface area contributed by atoms with Gasteiger partial charge in [-0.1, -0.05) is 41.9 Å². The number of hydrogen-bond donors (Lipinski definition) is 2. The molecular formula is C20H18ClNO2. The third-order valence-electron chi connectivity index (χ3n) is 3.61. The minimum Gasteiger partial charge on any atom is -0.508 e. The maximum Gasteiger partial charge on any atom is 0.124 e. The second kappa shape index (κ2) is 7.75. The van der Waals surface area contributed by atoms with Crippen LogP contribution in [0.3, 0.4) is 0 Å². The zero-order chi connectivity index (χ0) is 16.8. The first-order valence-corrected chi connectivity index (χ1v) is 8.06. The molecule has 0 amide bonds. The number of hydrogen-bond acceptors (Lipinski definition) is 3. The van der Waals surface area contributed by atoms with Gasteiger partial charge in [0.1, 0.15) is 18.1 Å². The van der Waals surface area contributed by atoms with Crippen LogP contribution in [0, 0.1) is 0 Å². The number of phenolic OH excluding ortho intramolecular Hbond substituents is 1.